The van der Waals surface area contributed by atoms with Crippen LogP contribution in [-0.4, -0.2) is 22.1 Å². The van der Waals surface area contributed by atoms with Crippen LogP contribution in [0.2, 0.25) is 0 Å². The normalized spacial score (nSPS) is 31.3. The molecule has 1 heterocycles. The first kappa shape index (κ1) is 12.2. The van der Waals surface area contributed by atoms with E-state index in [1.807, 2.05) is 12.4 Å². The van der Waals surface area contributed by atoms with Gasteiger partial charge in [0, 0.05) is 31.9 Å². The highest BCUT2D eigenvalue weighted by molar-refractivity contribution is 5.07. The van der Waals surface area contributed by atoms with Gasteiger partial charge >= 0.3 is 0 Å². The molecule has 0 saturated heterocycles. The smallest absolute Gasteiger partial charge is 0.108 e. The van der Waals surface area contributed by atoms with Gasteiger partial charge in [-0.05, 0) is 43.6 Å². The molecule has 100 valence electrons. The van der Waals surface area contributed by atoms with E-state index in [1.54, 1.807) is 0 Å². The third-order valence-electron chi connectivity index (χ3n) is 5.00. The summed E-state index contributed by atoms with van der Waals surface area (Å²) >= 11 is 0. The molecule has 3 unspecified atom stereocenters. The first-order chi connectivity index (χ1) is 8.81. The summed E-state index contributed by atoms with van der Waals surface area (Å²) in [4.78, 5) is 4.43. The summed E-state index contributed by atoms with van der Waals surface area (Å²) in [5.41, 5.74) is 0. The molecule has 3 atom stereocenters. The molecule has 3 heteroatoms. The molecule has 2 aliphatic rings. The van der Waals surface area contributed by atoms with E-state index in [2.05, 4.69) is 28.8 Å². The van der Waals surface area contributed by atoms with Crippen LogP contribution in [0.4, 0.5) is 0 Å². The maximum Gasteiger partial charge on any atom is 0.108 e. The van der Waals surface area contributed by atoms with Gasteiger partial charge in [-0.25, -0.2) is 4.98 Å². The van der Waals surface area contributed by atoms with Crippen molar-refractivity contribution in [1.29, 1.82) is 0 Å². The number of nitrogens with one attached hydrogen (secondary N) is 1. The second kappa shape index (κ2) is 5.04. The molecule has 0 spiro atoms. The van der Waals surface area contributed by atoms with Crippen LogP contribution in [0.3, 0.4) is 0 Å². The number of hydrogen-bond acceptors (Lipinski definition) is 2. The standard InChI is InChI=1S/C15H25N3/c1-3-16-13(15-11-5-4-6-12(11)15)7-8-14-17-9-10-18(14)2/h9-13,15-16H,3-8H2,1-2H3. The largest absolute Gasteiger partial charge is 0.338 e. The van der Waals surface area contributed by atoms with Crippen LogP contribution in [-0.2, 0) is 13.5 Å². The van der Waals surface area contributed by atoms with E-state index < -0.39 is 0 Å². The van der Waals surface area contributed by atoms with E-state index in [1.165, 1.54) is 31.5 Å². The second-order valence-corrected chi connectivity index (χ2v) is 5.99. The summed E-state index contributed by atoms with van der Waals surface area (Å²) in [6, 6.07) is 0.724. The number of imidazole rings is 1. The van der Waals surface area contributed by atoms with Crippen LogP contribution in [0, 0.1) is 17.8 Å². The Morgan fingerprint density at radius 1 is 1.44 bits per heavy atom. The minimum atomic E-state index is 0.724. The number of nitrogens with zero attached hydrogens (tertiary/aromatic N) is 2. The molecule has 0 aromatic carbocycles. The Morgan fingerprint density at radius 2 is 2.22 bits per heavy atom. The molecule has 18 heavy (non-hydrogen) atoms. The summed E-state index contributed by atoms with van der Waals surface area (Å²) in [6.45, 7) is 3.33. The summed E-state index contributed by atoms with van der Waals surface area (Å²) in [5.74, 6) is 4.30. The van der Waals surface area contributed by atoms with E-state index in [0.29, 0.717) is 0 Å². The van der Waals surface area contributed by atoms with Crippen molar-refractivity contribution in [3.8, 4) is 0 Å². The lowest BCUT2D eigenvalue weighted by molar-refractivity contribution is 0.389. The fourth-order valence-corrected chi connectivity index (χ4v) is 4.09. The average Bonchev–Trinajstić information content (AvgIpc) is 2.74. The van der Waals surface area contributed by atoms with Crippen LogP contribution >= 0.6 is 0 Å². The first-order valence-electron chi connectivity index (χ1n) is 7.51. The van der Waals surface area contributed by atoms with Gasteiger partial charge in [0.1, 0.15) is 5.82 Å². The van der Waals surface area contributed by atoms with Crippen molar-refractivity contribution in [1.82, 2.24) is 14.9 Å². The molecular weight excluding hydrogens is 222 g/mol. The minimum absolute atomic E-state index is 0.724. The van der Waals surface area contributed by atoms with Crippen LogP contribution in [0.1, 0.15) is 38.4 Å². The van der Waals surface area contributed by atoms with Crippen LogP contribution in [0.5, 0.6) is 0 Å². The molecule has 3 nitrogen and oxygen atoms in total. The number of hydrogen-bond donors (Lipinski definition) is 1. The van der Waals surface area contributed by atoms with Gasteiger partial charge in [-0.2, -0.15) is 0 Å². The third-order valence-corrected chi connectivity index (χ3v) is 5.00. The van der Waals surface area contributed by atoms with Crippen LogP contribution in [0.25, 0.3) is 0 Å². The monoisotopic (exact) mass is 247 g/mol. The van der Waals surface area contributed by atoms with Gasteiger partial charge in [0.05, 0.1) is 0 Å². The van der Waals surface area contributed by atoms with Gasteiger partial charge < -0.3 is 9.88 Å². The number of aryl methyl sites for hydroxylation is 2. The summed E-state index contributed by atoms with van der Waals surface area (Å²) in [6.07, 6.45) is 10.8. The van der Waals surface area contributed by atoms with E-state index >= 15 is 0 Å². The van der Waals surface area contributed by atoms with Crippen molar-refractivity contribution in [3.05, 3.63) is 18.2 Å². The minimum Gasteiger partial charge on any atom is -0.338 e. The van der Waals surface area contributed by atoms with Crippen LogP contribution < -0.4 is 5.32 Å². The Morgan fingerprint density at radius 3 is 2.83 bits per heavy atom. The predicted octanol–water partition coefficient (Wildman–Crippen LogP) is 2.38. The highest BCUT2D eigenvalue weighted by atomic mass is 15.0. The fourth-order valence-electron chi connectivity index (χ4n) is 4.09. The Labute approximate surface area is 110 Å². The zero-order valence-corrected chi connectivity index (χ0v) is 11.6. The van der Waals surface area contributed by atoms with E-state index in [4.69, 9.17) is 0 Å². The maximum atomic E-state index is 4.43. The Bertz CT molecular complexity index is 388. The topological polar surface area (TPSA) is 29.9 Å². The lowest BCUT2D eigenvalue weighted by Crippen LogP contribution is -2.33. The van der Waals surface area contributed by atoms with Crippen molar-refractivity contribution >= 4 is 0 Å². The molecule has 0 bridgehead atoms. The van der Waals surface area contributed by atoms with Crippen LogP contribution in [0.15, 0.2) is 12.4 Å². The van der Waals surface area contributed by atoms with Gasteiger partial charge in [0.25, 0.3) is 0 Å². The lowest BCUT2D eigenvalue weighted by Gasteiger charge is -2.19. The molecule has 1 N–H and O–H groups in total. The molecule has 0 amide bonds. The van der Waals surface area contributed by atoms with Crippen molar-refractivity contribution < 1.29 is 0 Å². The molecule has 0 aliphatic heterocycles. The molecule has 1 aromatic heterocycles. The summed E-state index contributed by atoms with van der Waals surface area (Å²) < 4.78 is 2.15. The van der Waals surface area contributed by atoms with Crippen molar-refractivity contribution in [3.63, 3.8) is 0 Å². The zero-order valence-electron chi connectivity index (χ0n) is 11.6. The van der Waals surface area contributed by atoms with Crippen molar-refractivity contribution in [2.45, 2.75) is 45.1 Å². The van der Waals surface area contributed by atoms with Gasteiger partial charge in [0.2, 0.25) is 0 Å². The highest BCUT2D eigenvalue weighted by Crippen LogP contribution is 2.59. The highest BCUT2D eigenvalue weighted by Gasteiger charge is 2.55. The summed E-state index contributed by atoms with van der Waals surface area (Å²) in [5, 5.41) is 3.72. The van der Waals surface area contributed by atoms with Crippen molar-refractivity contribution in [2.24, 2.45) is 24.8 Å². The lowest BCUT2D eigenvalue weighted by atomic mass is 9.99. The summed E-state index contributed by atoms with van der Waals surface area (Å²) in [7, 11) is 2.09. The number of rotatable bonds is 6. The van der Waals surface area contributed by atoms with Gasteiger partial charge in [-0.15, -0.1) is 0 Å². The predicted molar refractivity (Wildman–Crippen MR) is 73.3 cm³/mol. The molecule has 2 fully saturated rings. The molecule has 2 aliphatic carbocycles. The Kier molecular flexibility index (Phi) is 3.42. The Hall–Kier alpha value is -0.830. The molecule has 0 radical (unpaired) electrons. The van der Waals surface area contributed by atoms with E-state index in [0.717, 1.165) is 36.8 Å². The molecule has 1 aromatic rings. The zero-order chi connectivity index (χ0) is 12.5. The van der Waals surface area contributed by atoms with E-state index in [9.17, 15) is 0 Å². The molecular formula is C15H25N3. The third kappa shape index (κ3) is 2.20. The first-order valence-corrected chi connectivity index (χ1v) is 7.51. The van der Waals surface area contributed by atoms with Gasteiger partial charge in [-0.3, -0.25) is 0 Å². The number of aromatic nitrogens is 2. The van der Waals surface area contributed by atoms with Crippen molar-refractivity contribution in [2.75, 3.05) is 6.54 Å². The van der Waals surface area contributed by atoms with E-state index in [-0.39, 0.29) is 0 Å². The quantitative estimate of drug-likeness (QED) is 0.836. The average molecular weight is 247 g/mol. The molecule has 2 saturated carbocycles. The second-order valence-electron chi connectivity index (χ2n) is 5.99. The number of fused-ring (bicyclic) bond motifs is 1. The maximum absolute atomic E-state index is 4.43. The Balaban J connectivity index is 1.56. The SMILES string of the molecule is CCNC(CCc1nccn1C)C1C2CCCC21. The van der Waals surface area contributed by atoms with Gasteiger partial charge in [-0.1, -0.05) is 13.3 Å². The fraction of sp³-hybridized carbons (Fsp3) is 0.800. The molecule has 3 rings (SSSR count). The van der Waals surface area contributed by atoms with Gasteiger partial charge in [0.15, 0.2) is 0 Å².